The van der Waals surface area contributed by atoms with E-state index in [-0.39, 0.29) is 17.1 Å². The summed E-state index contributed by atoms with van der Waals surface area (Å²) in [5, 5.41) is 0. The molecule has 0 bridgehead atoms. The number of rotatable bonds is 6. The first-order chi connectivity index (χ1) is 8.46. The maximum atomic E-state index is 11.7. The van der Waals surface area contributed by atoms with Crippen molar-refractivity contribution in [3.63, 3.8) is 0 Å². The number of sulfone groups is 1. The van der Waals surface area contributed by atoms with Crippen molar-refractivity contribution in [2.24, 2.45) is 0 Å². The molecule has 0 aliphatic rings. The standard InChI is InChI=1S/C12H16O5S/c1-3-16-8-9-17-12(13)10-6-4-5-7-11(10)18(2,14)15/h4-7H,3,8-9H2,1-2H3. The second kappa shape index (κ2) is 6.51. The van der Waals surface area contributed by atoms with Gasteiger partial charge in [-0.15, -0.1) is 0 Å². The van der Waals surface area contributed by atoms with E-state index in [0.717, 1.165) is 6.26 Å². The number of hydrogen-bond donors (Lipinski definition) is 0. The number of ether oxygens (including phenoxy) is 2. The van der Waals surface area contributed by atoms with Gasteiger partial charge in [0.05, 0.1) is 17.1 Å². The molecular weight excluding hydrogens is 256 g/mol. The molecule has 0 aromatic heterocycles. The van der Waals surface area contributed by atoms with Crippen LogP contribution in [0.3, 0.4) is 0 Å². The molecule has 0 fully saturated rings. The molecule has 18 heavy (non-hydrogen) atoms. The highest BCUT2D eigenvalue weighted by Gasteiger charge is 2.18. The number of carbonyl (C=O) groups excluding carboxylic acids is 1. The lowest BCUT2D eigenvalue weighted by Gasteiger charge is -2.08. The zero-order chi connectivity index (χ0) is 13.6. The van der Waals surface area contributed by atoms with Crippen LogP contribution < -0.4 is 0 Å². The van der Waals surface area contributed by atoms with Crippen molar-refractivity contribution in [3.8, 4) is 0 Å². The van der Waals surface area contributed by atoms with Crippen molar-refractivity contribution in [2.75, 3.05) is 26.1 Å². The minimum Gasteiger partial charge on any atom is -0.460 e. The number of esters is 1. The Bertz CT molecular complexity index is 507. The smallest absolute Gasteiger partial charge is 0.339 e. The normalized spacial score (nSPS) is 11.2. The molecule has 0 aliphatic carbocycles. The molecule has 0 saturated heterocycles. The Morgan fingerprint density at radius 3 is 2.50 bits per heavy atom. The Labute approximate surface area is 107 Å². The van der Waals surface area contributed by atoms with E-state index in [0.29, 0.717) is 13.2 Å². The van der Waals surface area contributed by atoms with Gasteiger partial charge in [0, 0.05) is 12.9 Å². The minimum atomic E-state index is -3.45. The third-order valence-electron chi connectivity index (χ3n) is 2.17. The van der Waals surface area contributed by atoms with Crippen molar-refractivity contribution in [2.45, 2.75) is 11.8 Å². The lowest BCUT2D eigenvalue weighted by molar-refractivity contribution is 0.0331. The summed E-state index contributed by atoms with van der Waals surface area (Å²) in [5.41, 5.74) is 0.0523. The number of carbonyl (C=O) groups is 1. The fourth-order valence-electron chi connectivity index (χ4n) is 1.37. The van der Waals surface area contributed by atoms with Crippen LogP contribution in [0.15, 0.2) is 29.2 Å². The highest BCUT2D eigenvalue weighted by molar-refractivity contribution is 7.90. The van der Waals surface area contributed by atoms with Gasteiger partial charge in [0.2, 0.25) is 0 Å². The van der Waals surface area contributed by atoms with E-state index in [4.69, 9.17) is 9.47 Å². The van der Waals surface area contributed by atoms with Crippen LogP contribution in [0.4, 0.5) is 0 Å². The lowest BCUT2D eigenvalue weighted by atomic mass is 10.2. The second-order valence-corrected chi connectivity index (χ2v) is 5.59. The first-order valence-corrected chi connectivity index (χ1v) is 7.40. The van der Waals surface area contributed by atoms with Crippen LogP contribution in [-0.4, -0.2) is 40.5 Å². The molecule has 100 valence electrons. The van der Waals surface area contributed by atoms with Gasteiger partial charge in [-0.1, -0.05) is 12.1 Å². The van der Waals surface area contributed by atoms with E-state index in [2.05, 4.69) is 0 Å². The quantitative estimate of drug-likeness (QED) is 0.576. The average molecular weight is 272 g/mol. The van der Waals surface area contributed by atoms with Gasteiger partial charge in [-0.25, -0.2) is 13.2 Å². The topological polar surface area (TPSA) is 69.7 Å². The summed E-state index contributed by atoms with van der Waals surface area (Å²) in [6.45, 7) is 2.77. The summed E-state index contributed by atoms with van der Waals surface area (Å²) in [4.78, 5) is 11.7. The highest BCUT2D eigenvalue weighted by Crippen LogP contribution is 2.16. The van der Waals surface area contributed by atoms with Gasteiger partial charge < -0.3 is 9.47 Å². The van der Waals surface area contributed by atoms with Gasteiger partial charge in [0.25, 0.3) is 0 Å². The van der Waals surface area contributed by atoms with Gasteiger partial charge in [0.1, 0.15) is 6.61 Å². The van der Waals surface area contributed by atoms with E-state index in [9.17, 15) is 13.2 Å². The second-order valence-electron chi connectivity index (χ2n) is 3.60. The van der Waals surface area contributed by atoms with Crippen LogP contribution in [0.5, 0.6) is 0 Å². The van der Waals surface area contributed by atoms with E-state index >= 15 is 0 Å². The highest BCUT2D eigenvalue weighted by atomic mass is 32.2. The molecule has 0 saturated carbocycles. The molecule has 0 radical (unpaired) electrons. The molecule has 5 nitrogen and oxygen atoms in total. The fourth-order valence-corrected chi connectivity index (χ4v) is 2.25. The molecule has 0 atom stereocenters. The molecule has 0 heterocycles. The maximum absolute atomic E-state index is 11.7. The molecule has 1 rings (SSSR count). The molecule has 0 aliphatic heterocycles. The number of benzene rings is 1. The predicted octanol–water partition coefficient (Wildman–Crippen LogP) is 1.28. The van der Waals surface area contributed by atoms with Crippen molar-refractivity contribution < 1.29 is 22.7 Å². The zero-order valence-corrected chi connectivity index (χ0v) is 11.2. The third-order valence-corrected chi connectivity index (χ3v) is 3.33. The van der Waals surface area contributed by atoms with Gasteiger partial charge in [-0.3, -0.25) is 0 Å². The zero-order valence-electron chi connectivity index (χ0n) is 10.4. The Kier molecular flexibility index (Phi) is 5.30. The summed E-state index contributed by atoms with van der Waals surface area (Å²) in [6, 6.07) is 5.97. The van der Waals surface area contributed by atoms with E-state index in [1.54, 1.807) is 12.1 Å². The molecular formula is C12H16O5S. The van der Waals surface area contributed by atoms with E-state index < -0.39 is 15.8 Å². The first kappa shape index (κ1) is 14.7. The van der Waals surface area contributed by atoms with Crippen LogP contribution in [0, 0.1) is 0 Å². The van der Waals surface area contributed by atoms with Gasteiger partial charge in [-0.2, -0.15) is 0 Å². The molecule has 1 aromatic rings. The van der Waals surface area contributed by atoms with E-state index in [1.807, 2.05) is 6.92 Å². The van der Waals surface area contributed by atoms with Crippen LogP contribution in [0.1, 0.15) is 17.3 Å². The first-order valence-electron chi connectivity index (χ1n) is 5.50. The Morgan fingerprint density at radius 2 is 1.89 bits per heavy atom. The van der Waals surface area contributed by atoms with Gasteiger partial charge in [-0.05, 0) is 19.1 Å². The van der Waals surface area contributed by atoms with Crippen LogP contribution in [-0.2, 0) is 19.3 Å². The fraction of sp³-hybridized carbons (Fsp3) is 0.417. The largest absolute Gasteiger partial charge is 0.460 e. The predicted molar refractivity (Wildman–Crippen MR) is 66.3 cm³/mol. The molecule has 1 aromatic carbocycles. The van der Waals surface area contributed by atoms with Crippen molar-refractivity contribution in [1.29, 1.82) is 0 Å². The van der Waals surface area contributed by atoms with Crippen LogP contribution in [0.2, 0.25) is 0 Å². The van der Waals surface area contributed by atoms with Crippen molar-refractivity contribution in [3.05, 3.63) is 29.8 Å². The maximum Gasteiger partial charge on any atom is 0.339 e. The van der Waals surface area contributed by atoms with Gasteiger partial charge >= 0.3 is 5.97 Å². The SMILES string of the molecule is CCOCCOC(=O)c1ccccc1S(C)(=O)=O. The monoisotopic (exact) mass is 272 g/mol. The Balaban J connectivity index is 2.80. The van der Waals surface area contributed by atoms with Crippen molar-refractivity contribution in [1.82, 2.24) is 0 Å². The summed E-state index contributed by atoms with van der Waals surface area (Å²) >= 11 is 0. The van der Waals surface area contributed by atoms with Crippen LogP contribution >= 0.6 is 0 Å². The molecule has 0 unspecified atom stereocenters. The molecule has 0 amide bonds. The summed E-state index contributed by atoms with van der Waals surface area (Å²) in [5.74, 6) is -0.657. The molecule has 6 heteroatoms. The molecule has 0 spiro atoms. The van der Waals surface area contributed by atoms with E-state index in [1.165, 1.54) is 12.1 Å². The summed E-state index contributed by atoms with van der Waals surface area (Å²) in [6.07, 6.45) is 1.05. The van der Waals surface area contributed by atoms with Crippen LogP contribution in [0.25, 0.3) is 0 Å². The van der Waals surface area contributed by atoms with Gasteiger partial charge in [0.15, 0.2) is 9.84 Å². The minimum absolute atomic E-state index is 0.0218. The van der Waals surface area contributed by atoms with Crippen molar-refractivity contribution >= 4 is 15.8 Å². The average Bonchev–Trinajstić information content (AvgIpc) is 2.33. The summed E-state index contributed by atoms with van der Waals surface area (Å²) < 4.78 is 33.0. The summed E-state index contributed by atoms with van der Waals surface area (Å²) in [7, 11) is -3.45. The Morgan fingerprint density at radius 1 is 1.22 bits per heavy atom. The Hall–Kier alpha value is -1.40. The molecule has 0 N–H and O–H groups in total. The number of hydrogen-bond acceptors (Lipinski definition) is 5. The lowest BCUT2D eigenvalue weighted by Crippen LogP contribution is -2.14. The third kappa shape index (κ3) is 4.12.